The molecule has 88 valence electrons. The fourth-order valence-electron chi connectivity index (χ4n) is 2.12. The van der Waals surface area contributed by atoms with Gasteiger partial charge in [-0.25, -0.2) is 0 Å². The maximum atomic E-state index is 4.50. The molecule has 0 fully saturated rings. The molecule has 3 heteroatoms. The predicted octanol–water partition coefficient (Wildman–Crippen LogP) is 2.74. The summed E-state index contributed by atoms with van der Waals surface area (Å²) < 4.78 is 0. The van der Waals surface area contributed by atoms with E-state index in [2.05, 4.69) is 42.7 Å². The van der Waals surface area contributed by atoms with Gasteiger partial charge in [-0.05, 0) is 18.8 Å². The van der Waals surface area contributed by atoms with Gasteiger partial charge in [0.25, 0.3) is 0 Å². The van der Waals surface area contributed by atoms with Crippen LogP contribution in [-0.4, -0.2) is 35.5 Å². The van der Waals surface area contributed by atoms with E-state index in [-0.39, 0.29) is 0 Å². The van der Waals surface area contributed by atoms with E-state index in [0.29, 0.717) is 12.1 Å². The molecule has 0 radical (unpaired) electrons. The standard InChI is InChI=1S/C12H25N3/c1-5-7-9-14-10-13-15(8-6-2)12(14)11(3)4/h10-12H,5-9H2,1-4H3. The first-order chi connectivity index (χ1) is 7.20. The second kappa shape index (κ2) is 5.99. The highest BCUT2D eigenvalue weighted by molar-refractivity contribution is 5.57. The van der Waals surface area contributed by atoms with Gasteiger partial charge in [0.2, 0.25) is 0 Å². The van der Waals surface area contributed by atoms with Crippen LogP contribution < -0.4 is 0 Å². The van der Waals surface area contributed by atoms with Crippen LogP contribution in [0.5, 0.6) is 0 Å². The summed E-state index contributed by atoms with van der Waals surface area (Å²) in [4.78, 5) is 2.39. The van der Waals surface area contributed by atoms with Gasteiger partial charge >= 0.3 is 0 Å². The molecule has 1 unspecified atom stereocenters. The van der Waals surface area contributed by atoms with Crippen LogP contribution in [0.2, 0.25) is 0 Å². The lowest BCUT2D eigenvalue weighted by Gasteiger charge is -2.33. The minimum Gasteiger partial charge on any atom is -0.339 e. The van der Waals surface area contributed by atoms with Crippen molar-refractivity contribution >= 4 is 6.34 Å². The Hall–Kier alpha value is -0.730. The second-order valence-corrected chi connectivity index (χ2v) is 4.64. The van der Waals surface area contributed by atoms with Crippen LogP contribution in [0.25, 0.3) is 0 Å². The first kappa shape index (κ1) is 12.3. The summed E-state index contributed by atoms with van der Waals surface area (Å²) in [6.45, 7) is 11.2. The zero-order chi connectivity index (χ0) is 11.3. The van der Waals surface area contributed by atoms with Crippen molar-refractivity contribution in [3.63, 3.8) is 0 Å². The van der Waals surface area contributed by atoms with Crippen molar-refractivity contribution in [2.75, 3.05) is 13.1 Å². The Kier molecular flexibility index (Phi) is 4.92. The first-order valence-electron chi connectivity index (χ1n) is 6.27. The molecule has 0 saturated heterocycles. The van der Waals surface area contributed by atoms with Gasteiger partial charge in [0.15, 0.2) is 0 Å². The molecule has 1 atom stereocenters. The van der Waals surface area contributed by atoms with Crippen molar-refractivity contribution in [3.8, 4) is 0 Å². The third-order valence-corrected chi connectivity index (χ3v) is 2.81. The van der Waals surface area contributed by atoms with Gasteiger partial charge < -0.3 is 4.90 Å². The summed E-state index contributed by atoms with van der Waals surface area (Å²) in [7, 11) is 0. The summed E-state index contributed by atoms with van der Waals surface area (Å²) in [5.41, 5.74) is 0. The summed E-state index contributed by atoms with van der Waals surface area (Å²) in [5, 5.41) is 6.73. The lowest BCUT2D eigenvalue weighted by Crippen LogP contribution is -2.44. The summed E-state index contributed by atoms with van der Waals surface area (Å²) in [6, 6.07) is 0. The molecule has 0 spiro atoms. The van der Waals surface area contributed by atoms with E-state index < -0.39 is 0 Å². The molecular formula is C12H25N3. The van der Waals surface area contributed by atoms with Crippen LogP contribution in [0.3, 0.4) is 0 Å². The lowest BCUT2D eigenvalue weighted by atomic mass is 10.1. The van der Waals surface area contributed by atoms with Gasteiger partial charge in [-0.3, -0.25) is 5.01 Å². The Bertz CT molecular complexity index is 201. The normalized spacial score (nSPS) is 20.7. The zero-order valence-electron chi connectivity index (χ0n) is 10.6. The van der Waals surface area contributed by atoms with E-state index in [0.717, 1.165) is 13.1 Å². The number of hydrazone groups is 1. The minimum atomic E-state index is 0.483. The average molecular weight is 211 g/mol. The fourth-order valence-corrected chi connectivity index (χ4v) is 2.12. The molecule has 1 aliphatic rings. The molecular weight excluding hydrogens is 186 g/mol. The number of hydrogen-bond acceptors (Lipinski definition) is 3. The predicted molar refractivity (Wildman–Crippen MR) is 65.7 cm³/mol. The number of nitrogens with zero attached hydrogens (tertiary/aromatic N) is 3. The second-order valence-electron chi connectivity index (χ2n) is 4.64. The van der Waals surface area contributed by atoms with Crippen LogP contribution in [-0.2, 0) is 0 Å². The van der Waals surface area contributed by atoms with Gasteiger partial charge in [0, 0.05) is 13.1 Å². The van der Waals surface area contributed by atoms with E-state index in [4.69, 9.17) is 0 Å². The van der Waals surface area contributed by atoms with Crippen molar-refractivity contribution in [1.82, 2.24) is 9.91 Å². The monoisotopic (exact) mass is 211 g/mol. The summed E-state index contributed by atoms with van der Waals surface area (Å²) in [6.07, 6.45) is 6.19. The maximum Gasteiger partial charge on any atom is 0.121 e. The van der Waals surface area contributed by atoms with Crippen LogP contribution >= 0.6 is 0 Å². The van der Waals surface area contributed by atoms with Crippen molar-refractivity contribution in [2.24, 2.45) is 11.0 Å². The molecule has 0 aliphatic carbocycles. The Balaban J connectivity index is 2.54. The van der Waals surface area contributed by atoms with Gasteiger partial charge in [-0.1, -0.05) is 34.1 Å². The van der Waals surface area contributed by atoms with Crippen LogP contribution in [0, 0.1) is 5.92 Å². The number of rotatable bonds is 6. The maximum absolute atomic E-state index is 4.50. The molecule has 0 aromatic heterocycles. The Morgan fingerprint density at radius 2 is 1.93 bits per heavy atom. The number of hydrogen-bond donors (Lipinski definition) is 0. The van der Waals surface area contributed by atoms with Gasteiger partial charge in [-0.2, -0.15) is 5.10 Å². The fraction of sp³-hybridized carbons (Fsp3) is 0.917. The van der Waals surface area contributed by atoms with E-state index in [9.17, 15) is 0 Å². The molecule has 1 heterocycles. The average Bonchev–Trinajstić information content (AvgIpc) is 2.58. The van der Waals surface area contributed by atoms with Crippen LogP contribution in [0.15, 0.2) is 5.10 Å². The molecule has 1 aliphatic heterocycles. The van der Waals surface area contributed by atoms with E-state index in [1.54, 1.807) is 0 Å². The molecule has 0 amide bonds. The molecule has 3 nitrogen and oxygen atoms in total. The minimum absolute atomic E-state index is 0.483. The third-order valence-electron chi connectivity index (χ3n) is 2.81. The highest BCUT2D eigenvalue weighted by Gasteiger charge is 2.29. The van der Waals surface area contributed by atoms with E-state index in [1.165, 1.54) is 19.3 Å². The third kappa shape index (κ3) is 3.11. The van der Waals surface area contributed by atoms with Crippen LogP contribution in [0.4, 0.5) is 0 Å². The Labute approximate surface area is 94.1 Å². The highest BCUT2D eigenvalue weighted by Crippen LogP contribution is 2.20. The number of unbranched alkanes of at least 4 members (excludes halogenated alkanes) is 1. The van der Waals surface area contributed by atoms with Crippen molar-refractivity contribution < 1.29 is 0 Å². The lowest BCUT2D eigenvalue weighted by molar-refractivity contribution is 0.0885. The molecule has 0 bridgehead atoms. The quantitative estimate of drug-likeness (QED) is 0.672. The molecule has 0 N–H and O–H groups in total. The van der Waals surface area contributed by atoms with Gasteiger partial charge in [-0.15, -0.1) is 0 Å². The summed E-state index contributed by atoms with van der Waals surface area (Å²) >= 11 is 0. The smallest absolute Gasteiger partial charge is 0.121 e. The molecule has 0 aromatic rings. The van der Waals surface area contributed by atoms with Crippen molar-refractivity contribution in [1.29, 1.82) is 0 Å². The highest BCUT2D eigenvalue weighted by atomic mass is 15.6. The van der Waals surface area contributed by atoms with E-state index in [1.807, 2.05) is 6.34 Å². The Morgan fingerprint density at radius 3 is 2.47 bits per heavy atom. The molecule has 1 rings (SSSR count). The van der Waals surface area contributed by atoms with Gasteiger partial charge in [0.05, 0.1) is 0 Å². The topological polar surface area (TPSA) is 18.8 Å². The zero-order valence-corrected chi connectivity index (χ0v) is 10.6. The molecule has 0 saturated carbocycles. The Morgan fingerprint density at radius 1 is 1.20 bits per heavy atom. The molecule has 15 heavy (non-hydrogen) atoms. The van der Waals surface area contributed by atoms with E-state index >= 15 is 0 Å². The van der Waals surface area contributed by atoms with Crippen molar-refractivity contribution in [2.45, 2.75) is 53.1 Å². The largest absolute Gasteiger partial charge is 0.339 e. The van der Waals surface area contributed by atoms with Gasteiger partial charge in [0.1, 0.15) is 12.5 Å². The SMILES string of the molecule is CCCCN1C=NN(CCC)C1C(C)C. The first-order valence-corrected chi connectivity index (χ1v) is 6.27. The molecule has 0 aromatic carbocycles. The van der Waals surface area contributed by atoms with Crippen molar-refractivity contribution in [3.05, 3.63) is 0 Å². The summed E-state index contributed by atoms with van der Waals surface area (Å²) in [5.74, 6) is 0.635. The van der Waals surface area contributed by atoms with Crippen LogP contribution in [0.1, 0.15) is 47.0 Å².